The lowest BCUT2D eigenvalue weighted by Crippen LogP contribution is -2.04. The SMILES string of the molecule is CCC(=O)c1c(CC)nn(C)c1CC. The molecule has 3 heteroatoms. The molecular formula is C11H18N2O. The third-order valence-electron chi connectivity index (χ3n) is 2.51. The Morgan fingerprint density at radius 1 is 1.29 bits per heavy atom. The first kappa shape index (κ1) is 11.0. The number of nitrogens with zero attached hydrogens (tertiary/aromatic N) is 2. The van der Waals surface area contributed by atoms with Crippen LogP contribution in [0.1, 0.15) is 48.9 Å². The Labute approximate surface area is 85.1 Å². The van der Waals surface area contributed by atoms with Crippen LogP contribution >= 0.6 is 0 Å². The molecule has 1 aromatic heterocycles. The highest BCUT2D eigenvalue weighted by Crippen LogP contribution is 2.17. The number of rotatable bonds is 4. The summed E-state index contributed by atoms with van der Waals surface area (Å²) in [6.07, 6.45) is 2.26. The second-order valence-corrected chi connectivity index (χ2v) is 3.38. The normalized spacial score (nSPS) is 10.6. The largest absolute Gasteiger partial charge is 0.294 e. The summed E-state index contributed by atoms with van der Waals surface area (Å²) >= 11 is 0. The van der Waals surface area contributed by atoms with Crippen LogP contribution in [0.4, 0.5) is 0 Å². The Morgan fingerprint density at radius 3 is 2.36 bits per heavy atom. The van der Waals surface area contributed by atoms with E-state index in [9.17, 15) is 4.79 Å². The molecule has 1 heterocycles. The van der Waals surface area contributed by atoms with Gasteiger partial charge in [0, 0.05) is 19.2 Å². The molecule has 14 heavy (non-hydrogen) atoms. The lowest BCUT2D eigenvalue weighted by atomic mass is 10.0. The smallest absolute Gasteiger partial charge is 0.166 e. The summed E-state index contributed by atoms with van der Waals surface area (Å²) in [5.74, 6) is 0.215. The van der Waals surface area contributed by atoms with Crippen LogP contribution in [0.3, 0.4) is 0 Å². The minimum Gasteiger partial charge on any atom is -0.294 e. The van der Waals surface area contributed by atoms with Gasteiger partial charge in [0.15, 0.2) is 5.78 Å². The van der Waals surface area contributed by atoms with Gasteiger partial charge in [-0.25, -0.2) is 0 Å². The van der Waals surface area contributed by atoms with E-state index < -0.39 is 0 Å². The molecule has 0 aliphatic rings. The molecule has 0 radical (unpaired) electrons. The van der Waals surface area contributed by atoms with Crippen molar-refractivity contribution in [2.75, 3.05) is 0 Å². The standard InChI is InChI=1S/C11H18N2O/c1-5-8-11(10(14)7-3)9(6-2)13(4)12-8/h5-7H2,1-4H3. The Bertz CT molecular complexity index is 339. The van der Waals surface area contributed by atoms with Crippen LogP contribution in [0.5, 0.6) is 0 Å². The van der Waals surface area contributed by atoms with Crippen LogP contribution in [0.2, 0.25) is 0 Å². The number of Topliss-reactive ketones (excluding diaryl/α,β-unsaturated/α-hetero) is 1. The third kappa shape index (κ3) is 1.72. The molecule has 0 N–H and O–H groups in total. The van der Waals surface area contributed by atoms with Crippen molar-refractivity contribution in [2.24, 2.45) is 7.05 Å². The summed E-state index contributed by atoms with van der Waals surface area (Å²) in [7, 11) is 1.91. The molecule has 0 bridgehead atoms. The van der Waals surface area contributed by atoms with Gasteiger partial charge in [0.1, 0.15) is 0 Å². The van der Waals surface area contributed by atoms with E-state index in [1.54, 1.807) is 0 Å². The molecule has 1 rings (SSSR count). The molecule has 0 unspecified atom stereocenters. The number of aryl methyl sites for hydroxylation is 2. The van der Waals surface area contributed by atoms with Crippen LogP contribution < -0.4 is 0 Å². The van der Waals surface area contributed by atoms with Crippen molar-refractivity contribution < 1.29 is 4.79 Å². The second kappa shape index (κ2) is 4.40. The van der Waals surface area contributed by atoms with Crippen LogP contribution in [0.25, 0.3) is 0 Å². The van der Waals surface area contributed by atoms with Gasteiger partial charge in [-0.05, 0) is 12.8 Å². The summed E-state index contributed by atoms with van der Waals surface area (Å²) in [6.45, 7) is 5.99. The highest BCUT2D eigenvalue weighted by atomic mass is 16.1. The van der Waals surface area contributed by atoms with Crippen LogP contribution in [0, 0.1) is 0 Å². The van der Waals surface area contributed by atoms with Gasteiger partial charge >= 0.3 is 0 Å². The zero-order valence-electron chi connectivity index (χ0n) is 9.42. The minimum absolute atomic E-state index is 0.215. The number of hydrogen-bond acceptors (Lipinski definition) is 2. The molecule has 78 valence electrons. The van der Waals surface area contributed by atoms with E-state index in [4.69, 9.17) is 0 Å². The molecule has 0 aromatic carbocycles. The van der Waals surface area contributed by atoms with Crippen molar-refractivity contribution in [3.63, 3.8) is 0 Å². The number of hydrogen-bond donors (Lipinski definition) is 0. The summed E-state index contributed by atoms with van der Waals surface area (Å²) in [4.78, 5) is 11.7. The highest BCUT2D eigenvalue weighted by molar-refractivity contribution is 5.98. The van der Waals surface area contributed by atoms with Crippen LogP contribution in [0.15, 0.2) is 0 Å². The predicted octanol–water partition coefficient (Wildman–Crippen LogP) is 2.14. The second-order valence-electron chi connectivity index (χ2n) is 3.38. The van der Waals surface area contributed by atoms with Crippen molar-refractivity contribution in [3.05, 3.63) is 17.0 Å². The monoisotopic (exact) mass is 194 g/mol. The van der Waals surface area contributed by atoms with E-state index in [1.807, 2.05) is 25.6 Å². The summed E-state index contributed by atoms with van der Waals surface area (Å²) < 4.78 is 1.84. The first-order valence-electron chi connectivity index (χ1n) is 5.23. The molecule has 0 atom stereocenters. The average Bonchev–Trinajstić information content (AvgIpc) is 2.53. The lowest BCUT2D eigenvalue weighted by Gasteiger charge is -2.01. The quantitative estimate of drug-likeness (QED) is 0.688. The maximum absolute atomic E-state index is 11.7. The molecule has 0 saturated heterocycles. The van der Waals surface area contributed by atoms with E-state index >= 15 is 0 Å². The topological polar surface area (TPSA) is 34.9 Å². The molecule has 0 spiro atoms. The van der Waals surface area contributed by atoms with Gasteiger partial charge in [0.25, 0.3) is 0 Å². The van der Waals surface area contributed by atoms with Crippen molar-refractivity contribution >= 4 is 5.78 Å². The summed E-state index contributed by atoms with van der Waals surface area (Å²) in [6, 6.07) is 0. The van der Waals surface area contributed by atoms with E-state index in [0.717, 1.165) is 29.8 Å². The van der Waals surface area contributed by atoms with E-state index in [0.29, 0.717) is 6.42 Å². The number of aromatic nitrogens is 2. The number of ketones is 1. The first-order chi connectivity index (χ1) is 6.65. The van der Waals surface area contributed by atoms with E-state index in [-0.39, 0.29) is 5.78 Å². The Morgan fingerprint density at radius 2 is 1.93 bits per heavy atom. The molecule has 3 nitrogen and oxygen atoms in total. The molecule has 0 amide bonds. The molecule has 0 aliphatic carbocycles. The van der Waals surface area contributed by atoms with Gasteiger partial charge in [-0.1, -0.05) is 20.8 Å². The molecule has 0 saturated carbocycles. The van der Waals surface area contributed by atoms with Crippen molar-refractivity contribution in [3.8, 4) is 0 Å². The van der Waals surface area contributed by atoms with Crippen LogP contribution in [-0.2, 0) is 19.9 Å². The maximum atomic E-state index is 11.7. The van der Waals surface area contributed by atoms with Gasteiger partial charge in [-0.3, -0.25) is 9.48 Å². The maximum Gasteiger partial charge on any atom is 0.166 e. The molecule has 0 aliphatic heterocycles. The first-order valence-corrected chi connectivity index (χ1v) is 5.23. The molecule has 0 fully saturated rings. The fourth-order valence-electron chi connectivity index (χ4n) is 1.77. The van der Waals surface area contributed by atoms with Gasteiger partial charge in [0.2, 0.25) is 0 Å². The average molecular weight is 194 g/mol. The minimum atomic E-state index is 0.215. The summed E-state index contributed by atoms with van der Waals surface area (Å²) in [5.41, 5.74) is 2.87. The lowest BCUT2D eigenvalue weighted by molar-refractivity contribution is 0.0986. The summed E-state index contributed by atoms with van der Waals surface area (Å²) in [5, 5.41) is 4.36. The fourth-order valence-corrected chi connectivity index (χ4v) is 1.77. The fraction of sp³-hybridized carbons (Fsp3) is 0.636. The zero-order chi connectivity index (χ0) is 10.7. The van der Waals surface area contributed by atoms with Crippen molar-refractivity contribution in [1.29, 1.82) is 0 Å². The van der Waals surface area contributed by atoms with E-state index in [2.05, 4.69) is 12.0 Å². The Hall–Kier alpha value is -1.12. The molecule has 1 aromatic rings. The molecular weight excluding hydrogens is 176 g/mol. The third-order valence-corrected chi connectivity index (χ3v) is 2.51. The highest BCUT2D eigenvalue weighted by Gasteiger charge is 2.18. The van der Waals surface area contributed by atoms with Gasteiger partial charge in [0.05, 0.1) is 11.3 Å². The number of carbonyl (C=O) groups excluding carboxylic acids is 1. The predicted molar refractivity (Wildman–Crippen MR) is 56.6 cm³/mol. The van der Waals surface area contributed by atoms with E-state index in [1.165, 1.54) is 0 Å². The van der Waals surface area contributed by atoms with Gasteiger partial charge in [-0.15, -0.1) is 0 Å². The van der Waals surface area contributed by atoms with Crippen molar-refractivity contribution in [2.45, 2.75) is 40.0 Å². The zero-order valence-corrected chi connectivity index (χ0v) is 9.42. The van der Waals surface area contributed by atoms with Crippen molar-refractivity contribution in [1.82, 2.24) is 9.78 Å². The Balaban J connectivity index is 3.27. The van der Waals surface area contributed by atoms with Crippen LogP contribution in [-0.4, -0.2) is 15.6 Å². The van der Waals surface area contributed by atoms with Gasteiger partial charge in [-0.2, -0.15) is 5.10 Å². The Kier molecular flexibility index (Phi) is 3.44. The van der Waals surface area contributed by atoms with Gasteiger partial charge < -0.3 is 0 Å². The number of carbonyl (C=O) groups is 1.